The van der Waals surface area contributed by atoms with Crippen LogP contribution >= 0.6 is 0 Å². The second-order valence-corrected chi connectivity index (χ2v) is 6.96. The van der Waals surface area contributed by atoms with E-state index < -0.39 is 0 Å². The zero-order valence-electron chi connectivity index (χ0n) is 12.0. The highest BCUT2D eigenvalue weighted by molar-refractivity contribution is 4.91. The van der Waals surface area contributed by atoms with Crippen LogP contribution in [-0.2, 0) is 0 Å². The zero-order valence-corrected chi connectivity index (χ0v) is 12.0. The van der Waals surface area contributed by atoms with Crippen LogP contribution in [0.2, 0.25) is 0 Å². The zero-order chi connectivity index (χ0) is 12.4. The number of likely N-dealkylation sites (tertiary alicyclic amines) is 1. The van der Waals surface area contributed by atoms with Gasteiger partial charge in [-0.05, 0) is 51.0 Å². The quantitative estimate of drug-likeness (QED) is 0.827. The highest BCUT2D eigenvalue weighted by Crippen LogP contribution is 2.33. The fraction of sp³-hybridized carbons (Fsp3) is 1.00. The molecule has 2 aliphatic carbocycles. The molecule has 18 heavy (non-hydrogen) atoms. The maximum atomic E-state index is 3.96. The number of hydrogen-bond acceptors (Lipinski definition) is 2. The summed E-state index contributed by atoms with van der Waals surface area (Å²) in [7, 11) is 0. The van der Waals surface area contributed by atoms with Crippen LogP contribution in [0.15, 0.2) is 0 Å². The monoisotopic (exact) mass is 250 g/mol. The maximum absolute atomic E-state index is 3.96. The van der Waals surface area contributed by atoms with Gasteiger partial charge in [-0.2, -0.15) is 0 Å². The van der Waals surface area contributed by atoms with E-state index in [2.05, 4.69) is 17.1 Å². The summed E-state index contributed by atoms with van der Waals surface area (Å²) in [5, 5.41) is 3.96. The van der Waals surface area contributed by atoms with Crippen LogP contribution in [-0.4, -0.2) is 36.1 Å². The summed E-state index contributed by atoms with van der Waals surface area (Å²) >= 11 is 0. The third-order valence-electron chi connectivity index (χ3n) is 5.57. The minimum atomic E-state index is 0.787. The smallest absolute Gasteiger partial charge is 0.0198 e. The van der Waals surface area contributed by atoms with Gasteiger partial charge in [-0.25, -0.2) is 0 Å². The molecule has 3 unspecified atom stereocenters. The first-order valence-electron chi connectivity index (χ1n) is 8.33. The molecule has 0 spiro atoms. The van der Waals surface area contributed by atoms with Crippen LogP contribution in [0, 0.1) is 5.92 Å². The molecule has 2 nitrogen and oxygen atoms in total. The van der Waals surface area contributed by atoms with Gasteiger partial charge in [-0.15, -0.1) is 0 Å². The predicted octanol–water partition coefficient (Wildman–Crippen LogP) is 3.17. The Morgan fingerprint density at radius 1 is 0.833 bits per heavy atom. The van der Waals surface area contributed by atoms with Gasteiger partial charge in [0.25, 0.3) is 0 Å². The Morgan fingerprint density at radius 2 is 1.61 bits per heavy atom. The average Bonchev–Trinajstić information content (AvgIpc) is 2.39. The summed E-state index contributed by atoms with van der Waals surface area (Å²) in [4.78, 5) is 2.79. The highest BCUT2D eigenvalue weighted by Gasteiger charge is 2.35. The number of rotatable bonds is 3. The van der Waals surface area contributed by atoms with E-state index in [-0.39, 0.29) is 0 Å². The summed E-state index contributed by atoms with van der Waals surface area (Å²) in [5.74, 6) is 0.957. The van der Waals surface area contributed by atoms with Crippen LogP contribution in [0.5, 0.6) is 0 Å². The number of piperidine rings is 1. The first-order chi connectivity index (χ1) is 8.83. The maximum Gasteiger partial charge on any atom is 0.0198 e. The lowest BCUT2D eigenvalue weighted by Crippen LogP contribution is -2.55. The fourth-order valence-electron chi connectivity index (χ4n) is 4.24. The molecule has 0 radical (unpaired) electrons. The lowest BCUT2D eigenvalue weighted by atomic mass is 9.79. The molecule has 3 aliphatic rings. The Balaban J connectivity index is 1.47. The minimum Gasteiger partial charge on any atom is -0.310 e. The largest absolute Gasteiger partial charge is 0.310 e. The van der Waals surface area contributed by atoms with Crippen molar-refractivity contribution in [1.29, 1.82) is 0 Å². The molecule has 2 saturated carbocycles. The third kappa shape index (κ3) is 2.91. The second kappa shape index (κ2) is 5.92. The van der Waals surface area contributed by atoms with Gasteiger partial charge in [0, 0.05) is 24.7 Å². The van der Waals surface area contributed by atoms with Gasteiger partial charge in [0.15, 0.2) is 0 Å². The van der Waals surface area contributed by atoms with E-state index >= 15 is 0 Å². The highest BCUT2D eigenvalue weighted by atomic mass is 15.2. The van der Waals surface area contributed by atoms with Gasteiger partial charge in [-0.3, -0.25) is 4.90 Å². The molecular formula is C16H30N2. The molecule has 0 amide bonds. The molecule has 0 bridgehead atoms. The fourth-order valence-corrected chi connectivity index (χ4v) is 4.24. The summed E-state index contributed by atoms with van der Waals surface area (Å²) in [6.07, 6.45) is 13.0. The van der Waals surface area contributed by atoms with E-state index in [1.165, 1.54) is 70.9 Å². The number of nitrogens with one attached hydrogen (secondary N) is 1. The Bertz CT molecular complexity index is 260. The molecule has 2 heteroatoms. The van der Waals surface area contributed by atoms with E-state index in [9.17, 15) is 0 Å². The Hall–Kier alpha value is -0.0800. The van der Waals surface area contributed by atoms with Crippen molar-refractivity contribution in [3.8, 4) is 0 Å². The summed E-state index contributed by atoms with van der Waals surface area (Å²) in [6.45, 7) is 5.12. The Kier molecular flexibility index (Phi) is 4.25. The van der Waals surface area contributed by atoms with Crippen LogP contribution in [0.3, 0.4) is 0 Å². The standard InChI is InChI=1S/C16H30N2/c1-13-9-10-16(13)18-11-5-8-15(12-18)17-14-6-3-2-4-7-14/h13-17H,2-12H2,1H3. The van der Waals surface area contributed by atoms with Gasteiger partial charge in [0.2, 0.25) is 0 Å². The third-order valence-corrected chi connectivity index (χ3v) is 5.57. The van der Waals surface area contributed by atoms with Crippen LogP contribution in [0.1, 0.15) is 64.7 Å². The first-order valence-corrected chi connectivity index (χ1v) is 8.33. The predicted molar refractivity (Wildman–Crippen MR) is 76.8 cm³/mol. The number of hydrogen-bond donors (Lipinski definition) is 1. The van der Waals surface area contributed by atoms with E-state index in [4.69, 9.17) is 0 Å². The van der Waals surface area contributed by atoms with Crippen molar-refractivity contribution in [2.75, 3.05) is 13.1 Å². The first kappa shape index (κ1) is 12.9. The van der Waals surface area contributed by atoms with Crippen molar-refractivity contribution in [2.45, 2.75) is 82.8 Å². The normalized spacial score (nSPS) is 39.5. The molecule has 1 N–H and O–H groups in total. The molecule has 3 fully saturated rings. The lowest BCUT2D eigenvalue weighted by Gasteiger charge is -2.47. The molecule has 3 atom stereocenters. The van der Waals surface area contributed by atoms with Crippen molar-refractivity contribution in [3.05, 3.63) is 0 Å². The van der Waals surface area contributed by atoms with E-state index in [0.717, 1.165) is 24.0 Å². The second-order valence-electron chi connectivity index (χ2n) is 6.96. The molecule has 0 aromatic carbocycles. The van der Waals surface area contributed by atoms with Crippen LogP contribution in [0.25, 0.3) is 0 Å². The Morgan fingerprint density at radius 3 is 2.28 bits per heavy atom. The molecule has 0 aromatic heterocycles. The number of nitrogens with zero attached hydrogens (tertiary/aromatic N) is 1. The van der Waals surface area contributed by atoms with Gasteiger partial charge in [0.1, 0.15) is 0 Å². The van der Waals surface area contributed by atoms with Gasteiger partial charge in [0.05, 0.1) is 0 Å². The summed E-state index contributed by atoms with van der Waals surface area (Å²) in [6, 6.07) is 2.54. The van der Waals surface area contributed by atoms with Crippen molar-refractivity contribution in [1.82, 2.24) is 10.2 Å². The van der Waals surface area contributed by atoms with E-state index in [0.29, 0.717) is 0 Å². The summed E-state index contributed by atoms with van der Waals surface area (Å²) in [5.41, 5.74) is 0. The van der Waals surface area contributed by atoms with E-state index in [1.807, 2.05) is 0 Å². The van der Waals surface area contributed by atoms with Gasteiger partial charge < -0.3 is 5.32 Å². The lowest BCUT2D eigenvalue weighted by molar-refractivity contribution is 0.0415. The topological polar surface area (TPSA) is 15.3 Å². The average molecular weight is 250 g/mol. The molecule has 3 rings (SSSR count). The molecule has 0 aromatic rings. The van der Waals surface area contributed by atoms with Crippen molar-refractivity contribution in [3.63, 3.8) is 0 Å². The SMILES string of the molecule is CC1CCC1N1CCCC(NC2CCCCC2)C1. The minimum absolute atomic E-state index is 0.787. The van der Waals surface area contributed by atoms with Crippen molar-refractivity contribution in [2.24, 2.45) is 5.92 Å². The van der Waals surface area contributed by atoms with Gasteiger partial charge >= 0.3 is 0 Å². The molecular weight excluding hydrogens is 220 g/mol. The molecule has 1 heterocycles. The van der Waals surface area contributed by atoms with E-state index in [1.54, 1.807) is 0 Å². The van der Waals surface area contributed by atoms with Crippen molar-refractivity contribution >= 4 is 0 Å². The summed E-state index contributed by atoms with van der Waals surface area (Å²) < 4.78 is 0. The molecule has 1 saturated heterocycles. The van der Waals surface area contributed by atoms with Crippen molar-refractivity contribution < 1.29 is 0 Å². The van der Waals surface area contributed by atoms with Crippen LogP contribution < -0.4 is 5.32 Å². The van der Waals surface area contributed by atoms with Crippen LogP contribution in [0.4, 0.5) is 0 Å². The molecule has 104 valence electrons. The van der Waals surface area contributed by atoms with Gasteiger partial charge in [-0.1, -0.05) is 26.2 Å². The molecule has 1 aliphatic heterocycles. The Labute approximate surface area is 113 Å².